The molecule has 0 aromatic carbocycles. The molecule has 0 nitrogen and oxygen atoms in total. The molecule has 2 heterocycles. The van der Waals surface area contributed by atoms with Gasteiger partial charge in [0.15, 0.2) is 0 Å². The summed E-state index contributed by atoms with van der Waals surface area (Å²) in [4.78, 5) is 0. The fraction of sp³-hybridized carbons (Fsp3) is 1.00. The van der Waals surface area contributed by atoms with Crippen molar-refractivity contribution in [3.8, 4) is 0 Å². The van der Waals surface area contributed by atoms with Crippen LogP contribution < -0.4 is 0 Å². The molecule has 94 valence electrons. The van der Waals surface area contributed by atoms with Gasteiger partial charge in [0.2, 0.25) is 0 Å². The van der Waals surface area contributed by atoms with E-state index in [1.807, 2.05) is 0 Å². The van der Waals surface area contributed by atoms with Gasteiger partial charge in [0.25, 0.3) is 0 Å². The highest BCUT2D eigenvalue weighted by Crippen LogP contribution is 2.70. The van der Waals surface area contributed by atoms with Crippen LogP contribution in [0.3, 0.4) is 0 Å². The lowest BCUT2D eigenvalue weighted by Crippen LogP contribution is -2.47. The summed E-state index contributed by atoms with van der Waals surface area (Å²) in [5.41, 5.74) is 0. The summed E-state index contributed by atoms with van der Waals surface area (Å²) in [7, 11) is 0.144. The molecule has 0 atom stereocenters. The lowest BCUT2D eigenvalue weighted by molar-refractivity contribution is 0.455. The zero-order chi connectivity index (χ0) is 12.0. The van der Waals surface area contributed by atoms with Gasteiger partial charge in [0.1, 0.15) is 0 Å². The van der Waals surface area contributed by atoms with Crippen LogP contribution in [0.15, 0.2) is 0 Å². The van der Waals surface area contributed by atoms with Crippen molar-refractivity contribution in [1.82, 2.24) is 0 Å². The highest BCUT2D eigenvalue weighted by molar-refractivity contribution is 8.18. The van der Waals surface area contributed by atoms with E-state index in [1.165, 1.54) is 30.8 Å². The maximum atomic E-state index is 2.53. The normalized spacial score (nSPS) is 32.8. The fourth-order valence-electron chi connectivity index (χ4n) is 3.26. The molecular formula is C13H25PS2. The molecule has 0 bridgehead atoms. The van der Waals surface area contributed by atoms with Crippen molar-refractivity contribution in [2.45, 2.75) is 61.3 Å². The van der Waals surface area contributed by atoms with Crippen molar-refractivity contribution < 1.29 is 0 Å². The third-order valence-electron chi connectivity index (χ3n) is 4.24. The van der Waals surface area contributed by atoms with Crippen molar-refractivity contribution >= 4 is 31.4 Å². The highest BCUT2D eigenvalue weighted by atomic mass is 32.2. The Kier molecular flexibility index (Phi) is 3.69. The van der Waals surface area contributed by atoms with Gasteiger partial charge in [0, 0.05) is 0 Å². The lowest BCUT2D eigenvalue weighted by atomic mass is 9.96. The van der Waals surface area contributed by atoms with Crippen molar-refractivity contribution in [2.75, 3.05) is 18.2 Å². The predicted molar refractivity (Wildman–Crippen MR) is 82.5 cm³/mol. The van der Waals surface area contributed by atoms with Gasteiger partial charge in [-0.15, -0.1) is 23.5 Å². The molecule has 2 saturated heterocycles. The molecule has 0 radical (unpaired) electrons. The van der Waals surface area contributed by atoms with E-state index >= 15 is 0 Å². The van der Waals surface area contributed by atoms with Crippen molar-refractivity contribution in [1.29, 1.82) is 0 Å². The molecule has 1 spiro atoms. The Hall–Kier alpha value is 1.13. The monoisotopic (exact) mass is 276 g/mol. The smallest absolute Gasteiger partial charge is 0.0628 e. The van der Waals surface area contributed by atoms with E-state index in [9.17, 15) is 0 Å². The van der Waals surface area contributed by atoms with Gasteiger partial charge in [-0.25, -0.2) is 0 Å². The van der Waals surface area contributed by atoms with Crippen molar-refractivity contribution in [3.05, 3.63) is 0 Å². The Morgan fingerprint density at radius 2 is 1.31 bits per heavy atom. The summed E-state index contributed by atoms with van der Waals surface area (Å²) in [6.07, 6.45) is 4.28. The van der Waals surface area contributed by atoms with Crippen LogP contribution in [0, 0.1) is 0 Å². The van der Waals surface area contributed by atoms with E-state index in [0.717, 1.165) is 0 Å². The van der Waals surface area contributed by atoms with E-state index < -0.39 is 0 Å². The van der Waals surface area contributed by atoms with Gasteiger partial charge in [-0.05, 0) is 47.7 Å². The van der Waals surface area contributed by atoms with E-state index in [4.69, 9.17) is 0 Å². The maximum Gasteiger partial charge on any atom is 0.0628 e. The van der Waals surface area contributed by atoms with Crippen LogP contribution in [0.5, 0.6) is 0 Å². The Bertz CT molecular complexity index is 247. The molecule has 2 rings (SSSR count). The fourth-order valence-corrected chi connectivity index (χ4v) is 10.5. The number of thioether (sulfide) groups is 2. The van der Waals surface area contributed by atoms with Crippen LogP contribution in [0.25, 0.3) is 0 Å². The number of rotatable bonds is 0. The Balaban J connectivity index is 2.24. The van der Waals surface area contributed by atoms with E-state index in [-0.39, 0.29) is 7.92 Å². The Labute approximate surface area is 111 Å². The first-order chi connectivity index (χ1) is 7.28. The molecule has 3 heteroatoms. The van der Waals surface area contributed by atoms with Gasteiger partial charge in [-0.3, -0.25) is 0 Å². The molecule has 2 fully saturated rings. The third kappa shape index (κ3) is 2.45. The molecule has 0 saturated carbocycles. The summed E-state index contributed by atoms with van der Waals surface area (Å²) in [5, 5.41) is 1.13. The van der Waals surface area contributed by atoms with Crippen LogP contribution in [0.4, 0.5) is 0 Å². The van der Waals surface area contributed by atoms with E-state index in [1.54, 1.807) is 0 Å². The first-order valence-corrected chi connectivity index (χ1v) is 10.1. The number of hydrogen-bond donors (Lipinski definition) is 0. The SMILES string of the molecule is CP1C(C)(C)CC2(CC1(C)C)SCCCS2. The first kappa shape index (κ1) is 13.6. The van der Waals surface area contributed by atoms with Gasteiger partial charge < -0.3 is 0 Å². The Morgan fingerprint density at radius 3 is 1.75 bits per heavy atom. The van der Waals surface area contributed by atoms with Crippen LogP contribution in [0.2, 0.25) is 0 Å². The largest absolute Gasteiger partial charge is 0.144 e. The lowest BCUT2D eigenvalue weighted by Gasteiger charge is -2.57. The zero-order valence-electron chi connectivity index (χ0n) is 11.3. The second-order valence-electron chi connectivity index (χ2n) is 6.50. The van der Waals surface area contributed by atoms with E-state index in [2.05, 4.69) is 57.9 Å². The van der Waals surface area contributed by atoms with E-state index in [0.29, 0.717) is 14.4 Å². The first-order valence-electron chi connectivity index (χ1n) is 6.29. The van der Waals surface area contributed by atoms with Crippen molar-refractivity contribution in [2.24, 2.45) is 0 Å². The molecule has 0 aliphatic carbocycles. The maximum absolute atomic E-state index is 2.53. The molecular weight excluding hydrogens is 251 g/mol. The summed E-state index contributed by atoms with van der Waals surface area (Å²) in [6.45, 7) is 12.6. The van der Waals surface area contributed by atoms with Crippen LogP contribution in [0.1, 0.15) is 47.0 Å². The average Bonchev–Trinajstić information content (AvgIpc) is 2.14. The minimum absolute atomic E-state index is 0.144. The quantitative estimate of drug-likeness (QED) is 0.570. The summed E-state index contributed by atoms with van der Waals surface area (Å²) < 4.78 is 0.556. The molecule has 0 aromatic rings. The van der Waals surface area contributed by atoms with Crippen molar-refractivity contribution in [3.63, 3.8) is 0 Å². The van der Waals surface area contributed by atoms with Crippen LogP contribution in [-0.2, 0) is 0 Å². The summed E-state index contributed by atoms with van der Waals surface area (Å²) in [5.74, 6) is 2.78. The molecule has 16 heavy (non-hydrogen) atoms. The molecule has 0 amide bonds. The molecule has 0 N–H and O–H groups in total. The average molecular weight is 276 g/mol. The minimum Gasteiger partial charge on any atom is -0.144 e. The minimum atomic E-state index is 0.144. The third-order valence-corrected chi connectivity index (χ3v) is 11.5. The molecule has 0 unspecified atom stereocenters. The second kappa shape index (κ2) is 4.35. The van der Waals surface area contributed by atoms with Crippen LogP contribution in [-0.4, -0.2) is 32.6 Å². The Morgan fingerprint density at radius 1 is 0.875 bits per heavy atom. The summed E-state index contributed by atoms with van der Waals surface area (Å²) >= 11 is 4.53. The zero-order valence-corrected chi connectivity index (χ0v) is 13.8. The number of hydrogen-bond acceptors (Lipinski definition) is 2. The molecule has 2 aliphatic heterocycles. The molecule has 2 aliphatic rings. The molecule has 0 aromatic heterocycles. The summed E-state index contributed by atoms with van der Waals surface area (Å²) in [6, 6.07) is 0. The second-order valence-corrected chi connectivity index (χ2v) is 13.3. The van der Waals surface area contributed by atoms with Crippen LogP contribution >= 0.6 is 31.4 Å². The van der Waals surface area contributed by atoms with Gasteiger partial charge in [0.05, 0.1) is 4.08 Å². The van der Waals surface area contributed by atoms with Gasteiger partial charge in [-0.2, -0.15) is 0 Å². The standard InChI is InChI=1S/C13H25PS2/c1-11(2)9-13(15-7-6-8-16-13)10-12(3,4)14(11)5/h6-10H2,1-5H3. The van der Waals surface area contributed by atoms with Gasteiger partial charge >= 0.3 is 0 Å². The topological polar surface area (TPSA) is 0 Å². The van der Waals surface area contributed by atoms with Gasteiger partial charge in [-0.1, -0.05) is 35.6 Å². The highest BCUT2D eigenvalue weighted by Gasteiger charge is 2.52. The predicted octanol–water partition coefficient (Wildman–Crippen LogP) is 5.02.